The van der Waals surface area contributed by atoms with Crippen LogP contribution < -0.4 is 5.32 Å². The zero-order valence-corrected chi connectivity index (χ0v) is 13.1. The summed E-state index contributed by atoms with van der Waals surface area (Å²) in [6.07, 6.45) is 1.31. The summed E-state index contributed by atoms with van der Waals surface area (Å²) in [4.78, 5) is 5.27. The largest absolute Gasteiger partial charge is 0.308 e. The quantitative estimate of drug-likeness (QED) is 0.811. The lowest BCUT2D eigenvalue weighted by Crippen LogP contribution is -2.64. The third-order valence-corrected chi connectivity index (χ3v) is 4.18. The topological polar surface area (TPSA) is 18.5 Å². The van der Waals surface area contributed by atoms with E-state index >= 15 is 0 Å². The van der Waals surface area contributed by atoms with E-state index in [1.54, 1.807) is 0 Å². The normalized spacial score (nSPS) is 28.7. The Balaban J connectivity index is 1.75. The molecule has 2 aliphatic heterocycles. The summed E-state index contributed by atoms with van der Waals surface area (Å²) in [6, 6.07) is 1.49. The minimum absolute atomic E-state index is 0.248. The standard InChI is InChI=1S/C15H31N3/c1-14(2,3)16-12-7-8-17(9-12)13-10-18(11-13)15(4,5)6/h12-13,16H,7-11H2,1-6H3. The van der Waals surface area contributed by atoms with Gasteiger partial charge >= 0.3 is 0 Å². The number of nitrogens with zero attached hydrogens (tertiary/aromatic N) is 2. The van der Waals surface area contributed by atoms with Crippen LogP contribution in [0.5, 0.6) is 0 Å². The van der Waals surface area contributed by atoms with Gasteiger partial charge in [0.1, 0.15) is 0 Å². The van der Waals surface area contributed by atoms with Gasteiger partial charge in [-0.1, -0.05) is 0 Å². The molecule has 2 heterocycles. The van der Waals surface area contributed by atoms with Crippen LogP contribution in [0.1, 0.15) is 48.0 Å². The van der Waals surface area contributed by atoms with Crippen molar-refractivity contribution in [3.8, 4) is 0 Å². The van der Waals surface area contributed by atoms with Gasteiger partial charge in [-0.15, -0.1) is 0 Å². The van der Waals surface area contributed by atoms with Crippen LogP contribution in [0.15, 0.2) is 0 Å². The minimum Gasteiger partial charge on any atom is -0.308 e. The van der Waals surface area contributed by atoms with Crippen molar-refractivity contribution in [2.45, 2.75) is 71.1 Å². The third kappa shape index (κ3) is 3.46. The summed E-state index contributed by atoms with van der Waals surface area (Å²) >= 11 is 0. The highest BCUT2D eigenvalue weighted by molar-refractivity contribution is 4.98. The van der Waals surface area contributed by atoms with Gasteiger partial charge in [0, 0.05) is 49.3 Å². The van der Waals surface area contributed by atoms with Crippen LogP contribution in [0, 0.1) is 0 Å². The van der Waals surface area contributed by atoms with Gasteiger partial charge in [0.25, 0.3) is 0 Å². The van der Waals surface area contributed by atoms with Gasteiger partial charge in [-0.25, -0.2) is 0 Å². The van der Waals surface area contributed by atoms with Crippen molar-refractivity contribution in [2.24, 2.45) is 0 Å². The second kappa shape index (κ2) is 4.77. The summed E-state index contributed by atoms with van der Waals surface area (Å²) in [6.45, 7) is 18.8. The van der Waals surface area contributed by atoms with Gasteiger partial charge in [-0.2, -0.15) is 0 Å². The smallest absolute Gasteiger partial charge is 0.0351 e. The SMILES string of the molecule is CC(C)(C)NC1CCN(C2CN(C(C)(C)C)C2)C1. The Morgan fingerprint density at radius 2 is 1.56 bits per heavy atom. The van der Waals surface area contributed by atoms with Crippen molar-refractivity contribution in [2.75, 3.05) is 26.2 Å². The second-order valence-corrected chi connectivity index (χ2v) is 8.10. The number of hydrogen-bond donors (Lipinski definition) is 1. The molecule has 106 valence electrons. The Bertz CT molecular complexity index is 281. The fourth-order valence-electron chi connectivity index (χ4n) is 3.08. The Kier molecular flexibility index (Phi) is 3.79. The molecule has 3 heteroatoms. The molecule has 0 amide bonds. The van der Waals surface area contributed by atoms with E-state index in [-0.39, 0.29) is 5.54 Å². The van der Waals surface area contributed by atoms with E-state index in [9.17, 15) is 0 Å². The fraction of sp³-hybridized carbons (Fsp3) is 1.00. The molecule has 1 N–H and O–H groups in total. The highest BCUT2D eigenvalue weighted by Gasteiger charge is 2.40. The molecule has 1 unspecified atom stereocenters. The van der Waals surface area contributed by atoms with E-state index in [1.165, 1.54) is 32.6 Å². The molecule has 0 saturated carbocycles. The summed E-state index contributed by atoms with van der Waals surface area (Å²) in [5.74, 6) is 0. The van der Waals surface area contributed by atoms with E-state index in [2.05, 4.69) is 56.7 Å². The van der Waals surface area contributed by atoms with E-state index in [0.29, 0.717) is 11.6 Å². The first-order valence-corrected chi connectivity index (χ1v) is 7.42. The second-order valence-electron chi connectivity index (χ2n) is 8.10. The van der Waals surface area contributed by atoms with Gasteiger partial charge in [0.05, 0.1) is 0 Å². The number of rotatable bonds is 2. The predicted octanol–water partition coefficient (Wildman–Crippen LogP) is 1.93. The van der Waals surface area contributed by atoms with Gasteiger partial charge in [-0.05, 0) is 48.0 Å². The predicted molar refractivity (Wildman–Crippen MR) is 78.0 cm³/mol. The molecule has 0 aromatic carbocycles. The van der Waals surface area contributed by atoms with Crippen LogP contribution in [0.25, 0.3) is 0 Å². The maximum atomic E-state index is 3.74. The van der Waals surface area contributed by atoms with Crippen LogP contribution >= 0.6 is 0 Å². The highest BCUT2D eigenvalue weighted by atomic mass is 15.4. The number of likely N-dealkylation sites (tertiary alicyclic amines) is 2. The molecular formula is C15H31N3. The van der Waals surface area contributed by atoms with Gasteiger partial charge in [0.15, 0.2) is 0 Å². The Morgan fingerprint density at radius 3 is 2.06 bits per heavy atom. The monoisotopic (exact) mass is 253 g/mol. The molecule has 1 atom stereocenters. The van der Waals surface area contributed by atoms with Crippen molar-refractivity contribution < 1.29 is 0 Å². The van der Waals surface area contributed by atoms with Crippen molar-refractivity contribution in [1.29, 1.82) is 0 Å². The van der Waals surface area contributed by atoms with Gasteiger partial charge in [0.2, 0.25) is 0 Å². The average molecular weight is 253 g/mol. The summed E-state index contributed by atoms with van der Waals surface area (Å²) < 4.78 is 0. The molecule has 0 spiro atoms. The Hall–Kier alpha value is -0.120. The molecule has 2 fully saturated rings. The lowest BCUT2D eigenvalue weighted by Gasteiger charge is -2.50. The van der Waals surface area contributed by atoms with E-state index < -0.39 is 0 Å². The lowest BCUT2D eigenvalue weighted by atomic mass is 9.97. The lowest BCUT2D eigenvalue weighted by molar-refractivity contribution is -0.0144. The van der Waals surface area contributed by atoms with E-state index in [0.717, 1.165) is 6.04 Å². The molecule has 0 radical (unpaired) electrons. The van der Waals surface area contributed by atoms with E-state index in [1.807, 2.05) is 0 Å². The molecule has 0 bridgehead atoms. The van der Waals surface area contributed by atoms with Crippen LogP contribution in [0.3, 0.4) is 0 Å². The van der Waals surface area contributed by atoms with Crippen LogP contribution in [-0.4, -0.2) is 59.1 Å². The molecule has 0 aromatic rings. The first kappa shape index (κ1) is 14.3. The number of hydrogen-bond acceptors (Lipinski definition) is 3. The summed E-state index contributed by atoms with van der Waals surface area (Å²) in [5.41, 5.74) is 0.594. The van der Waals surface area contributed by atoms with Crippen LogP contribution in [0.2, 0.25) is 0 Å². The van der Waals surface area contributed by atoms with E-state index in [4.69, 9.17) is 0 Å². The first-order valence-electron chi connectivity index (χ1n) is 7.42. The van der Waals surface area contributed by atoms with Crippen molar-refractivity contribution in [3.63, 3.8) is 0 Å². The zero-order chi connectivity index (χ0) is 13.6. The fourth-order valence-corrected chi connectivity index (χ4v) is 3.08. The van der Waals surface area contributed by atoms with Gasteiger partial charge < -0.3 is 5.32 Å². The summed E-state index contributed by atoms with van der Waals surface area (Å²) in [5, 5.41) is 3.74. The van der Waals surface area contributed by atoms with Crippen molar-refractivity contribution in [1.82, 2.24) is 15.1 Å². The highest BCUT2D eigenvalue weighted by Crippen LogP contribution is 2.26. The maximum absolute atomic E-state index is 3.74. The molecule has 2 aliphatic rings. The molecule has 3 nitrogen and oxygen atoms in total. The average Bonchev–Trinajstić information content (AvgIpc) is 2.43. The summed E-state index contributed by atoms with van der Waals surface area (Å²) in [7, 11) is 0. The maximum Gasteiger partial charge on any atom is 0.0351 e. The Morgan fingerprint density at radius 1 is 0.944 bits per heavy atom. The first-order chi connectivity index (χ1) is 8.15. The molecule has 2 saturated heterocycles. The Labute approximate surface area is 113 Å². The molecule has 18 heavy (non-hydrogen) atoms. The van der Waals surface area contributed by atoms with Crippen LogP contribution in [-0.2, 0) is 0 Å². The van der Waals surface area contributed by atoms with Crippen molar-refractivity contribution >= 4 is 0 Å². The zero-order valence-electron chi connectivity index (χ0n) is 13.1. The molecular weight excluding hydrogens is 222 g/mol. The van der Waals surface area contributed by atoms with Gasteiger partial charge in [-0.3, -0.25) is 9.80 Å². The number of nitrogens with one attached hydrogen (secondary N) is 1. The molecule has 2 rings (SSSR count). The minimum atomic E-state index is 0.248. The third-order valence-electron chi connectivity index (χ3n) is 4.18. The molecule has 0 aromatic heterocycles. The molecule has 0 aliphatic carbocycles. The van der Waals surface area contributed by atoms with Crippen LogP contribution in [0.4, 0.5) is 0 Å². The van der Waals surface area contributed by atoms with Crippen molar-refractivity contribution in [3.05, 3.63) is 0 Å².